The van der Waals surface area contributed by atoms with Gasteiger partial charge in [-0.05, 0) is 36.2 Å². The van der Waals surface area contributed by atoms with Crippen molar-refractivity contribution in [3.8, 4) is 0 Å². The number of hydrogen-bond donors (Lipinski definition) is 1. The molecule has 138 valence electrons. The Kier molecular flexibility index (Phi) is 6.69. The first-order valence-electron chi connectivity index (χ1n) is 9.24. The Morgan fingerprint density at radius 3 is 2.31 bits per heavy atom. The van der Waals surface area contributed by atoms with Gasteiger partial charge >= 0.3 is 0 Å². The number of carbonyl (C=O) groups excluding carboxylic acids is 1. The first-order chi connectivity index (χ1) is 12.7. The van der Waals surface area contributed by atoms with E-state index in [-0.39, 0.29) is 11.9 Å². The molecule has 26 heavy (non-hydrogen) atoms. The third kappa shape index (κ3) is 4.86. The van der Waals surface area contributed by atoms with Crippen LogP contribution >= 0.6 is 15.9 Å². The first kappa shape index (κ1) is 18.9. The number of benzene rings is 2. The molecule has 0 aromatic heterocycles. The number of piperazine rings is 1. The highest BCUT2D eigenvalue weighted by Crippen LogP contribution is 2.19. The van der Waals surface area contributed by atoms with Crippen LogP contribution in [0.5, 0.6) is 0 Å². The lowest BCUT2D eigenvalue weighted by Gasteiger charge is -2.36. The molecule has 0 aliphatic carbocycles. The largest absolute Gasteiger partial charge is 0.368 e. The molecule has 1 aliphatic heterocycles. The van der Waals surface area contributed by atoms with Gasteiger partial charge in [-0.15, -0.1) is 0 Å². The molecule has 0 unspecified atom stereocenters. The van der Waals surface area contributed by atoms with Gasteiger partial charge in [0.25, 0.3) is 0 Å². The van der Waals surface area contributed by atoms with Crippen molar-refractivity contribution in [2.75, 3.05) is 37.6 Å². The van der Waals surface area contributed by atoms with Gasteiger partial charge in [-0.2, -0.15) is 0 Å². The summed E-state index contributed by atoms with van der Waals surface area (Å²) in [5.74, 6) is 0.188. The Balaban J connectivity index is 1.48. The van der Waals surface area contributed by atoms with Crippen LogP contribution in [0.1, 0.15) is 24.9 Å². The van der Waals surface area contributed by atoms with Gasteiger partial charge in [-0.3, -0.25) is 4.79 Å². The Bertz CT molecular complexity index is 697. The zero-order chi connectivity index (χ0) is 18.4. The molecule has 0 bridgehead atoms. The average Bonchev–Trinajstić information content (AvgIpc) is 2.70. The molecule has 0 spiro atoms. The number of rotatable bonds is 6. The zero-order valence-electron chi connectivity index (χ0n) is 15.2. The molecule has 0 radical (unpaired) electrons. The molecule has 5 heteroatoms. The highest BCUT2D eigenvalue weighted by Gasteiger charge is 2.21. The summed E-state index contributed by atoms with van der Waals surface area (Å²) in [6.07, 6.45) is 0.955. The second-order valence-electron chi connectivity index (χ2n) is 6.60. The zero-order valence-corrected chi connectivity index (χ0v) is 16.8. The lowest BCUT2D eigenvalue weighted by atomic mass is 10.0. The van der Waals surface area contributed by atoms with Crippen molar-refractivity contribution in [2.45, 2.75) is 19.4 Å². The van der Waals surface area contributed by atoms with Crippen LogP contribution in [0.15, 0.2) is 59.1 Å². The van der Waals surface area contributed by atoms with E-state index in [1.165, 1.54) is 11.3 Å². The van der Waals surface area contributed by atoms with Crippen LogP contribution < -0.4 is 10.2 Å². The Labute approximate surface area is 164 Å². The van der Waals surface area contributed by atoms with Crippen molar-refractivity contribution in [2.24, 2.45) is 0 Å². The normalized spacial score (nSPS) is 15.8. The maximum Gasteiger partial charge on any atom is 0.236 e. The Hall–Kier alpha value is -1.85. The highest BCUT2D eigenvalue weighted by atomic mass is 79.9. The monoisotopic (exact) mass is 415 g/mol. The molecule has 2 aromatic rings. The van der Waals surface area contributed by atoms with Crippen molar-refractivity contribution in [1.29, 1.82) is 0 Å². The van der Waals surface area contributed by atoms with Gasteiger partial charge in [0, 0.05) is 42.4 Å². The third-order valence-corrected chi connectivity index (χ3v) is 5.46. The van der Waals surface area contributed by atoms with Gasteiger partial charge in [0.1, 0.15) is 0 Å². The van der Waals surface area contributed by atoms with E-state index in [0.717, 1.165) is 37.1 Å². The summed E-state index contributed by atoms with van der Waals surface area (Å²) in [5.41, 5.74) is 2.46. The fourth-order valence-corrected chi connectivity index (χ4v) is 3.63. The van der Waals surface area contributed by atoms with Crippen molar-refractivity contribution in [3.63, 3.8) is 0 Å². The van der Waals surface area contributed by atoms with Crippen LogP contribution in [-0.4, -0.2) is 43.5 Å². The Morgan fingerprint density at radius 1 is 1.04 bits per heavy atom. The topological polar surface area (TPSA) is 35.6 Å². The summed E-state index contributed by atoms with van der Waals surface area (Å²) < 4.78 is 1.07. The molecular weight excluding hydrogens is 390 g/mol. The van der Waals surface area contributed by atoms with E-state index >= 15 is 0 Å². The summed E-state index contributed by atoms with van der Waals surface area (Å²) in [6.45, 7) is 5.87. The van der Waals surface area contributed by atoms with E-state index in [1.807, 2.05) is 23.1 Å². The Morgan fingerprint density at radius 2 is 1.69 bits per heavy atom. The van der Waals surface area contributed by atoms with Crippen LogP contribution in [0.2, 0.25) is 0 Å². The van der Waals surface area contributed by atoms with E-state index < -0.39 is 0 Å². The maximum atomic E-state index is 12.6. The lowest BCUT2D eigenvalue weighted by Crippen LogP contribution is -2.51. The number of halogens is 1. The smallest absolute Gasteiger partial charge is 0.236 e. The van der Waals surface area contributed by atoms with E-state index in [2.05, 4.69) is 69.5 Å². The second-order valence-corrected chi connectivity index (χ2v) is 7.51. The van der Waals surface area contributed by atoms with Crippen LogP contribution in [0.4, 0.5) is 5.69 Å². The summed E-state index contributed by atoms with van der Waals surface area (Å²) in [4.78, 5) is 16.9. The lowest BCUT2D eigenvalue weighted by molar-refractivity contribution is -0.130. The second kappa shape index (κ2) is 9.19. The number of anilines is 1. The van der Waals surface area contributed by atoms with Gasteiger partial charge in [0.05, 0.1) is 6.54 Å². The van der Waals surface area contributed by atoms with Gasteiger partial charge in [0.2, 0.25) is 5.91 Å². The van der Waals surface area contributed by atoms with Gasteiger partial charge in [-0.1, -0.05) is 53.2 Å². The van der Waals surface area contributed by atoms with E-state index in [1.54, 1.807) is 0 Å². The molecular formula is C21H26BrN3O. The first-order valence-corrected chi connectivity index (χ1v) is 10.0. The predicted octanol–water partition coefficient (Wildman–Crippen LogP) is 3.84. The fourth-order valence-electron chi connectivity index (χ4n) is 3.37. The number of para-hydroxylation sites is 1. The number of carbonyl (C=O) groups is 1. The minimum atomic E-state index is 0.188. The van der Waals surface area contributed by atoms with Crippen LogP contribution in [0, 0.1) is 0 Å². The van der Waals surface area contributed by atoms with Gasteiger partial charge in [-0.25, -0.2) is 0 Å². The molecule has 4 nitrogen and oxygen atoms in total. The molecule has 1 fully saturated rings. The molecule has 1 saturated heterocycles. The predicted molar refractivity (Wildman–Crippen MR) is 110 cm³/mol. The standard InChI is InChI=1S/C21H26BrN3O/c1-2-20(17-8-10-18(22)11-9-17)23-16-21(26)25-14-12-24(13-15-25)19-6-4-3-5-7-19/h3-11,20,23H,2,12-16H2,1H3/t20-/m0/s1. The van der Waals surface area contributed by atoms with Crippen LogP contribution in [-0.2, 0) is 4.79 Å². The van der Waals surface area contributed by atoms with Crippen molar-refractivity contribution >= 4 is 27.5 Å². The van der Waals surface area contributed by atoms with E-state index in [9.17, 15) is 4.79 Å². The summed E-state index contributed by atoms with van der Waals surface area (Å²) in [7, 11) is 0. The van der Waals surface area contributed by atoms with Crippen molar-refractivity contribution in [1.82, 2.24) is 10.2 Å². The van der Waals surface area contributed by atoms with Gasteiger partial charge in [0.15, 0.2) is 0 Å². The van der Waals surface area contributed by atoms with E-state index in [4.69, 9.17) is 0 Å². The fraction of sp³-hybridized carbons (Fsp3) is 0.381. The molecule has 1 N–H and O–H groups in total. The molecule has 2 aromatic carbocycles. The van der Waals surface area contributed by atoms with Crippen LogP contribution in [0.25, 0.3) is 0 Å². The van der Waals surface area contributed by atoms with Gasteiger partial charge < -0.3 is 15.1 Å². The quantitative estimate of drug-likeness (QED) is 0.778. The van der Waals surface area contributed by atoms with E-state index in [0.29, 0.717) is 6.54 Å². The summed E-state index contributed by atoms with van der Waals surface area (Å²) >= 11 is 3.47. The number of nitrogens with one attached hydrogen (secondary N) is 1. The summed E-state index contributed by atoms with van der Waals surface area (Å²) in [6, 6.07) is 18.9. The molecule has 3 rings (SSSR count). The SMILES string of the molecule is CC[C@H](NCC(=O)N1CCN(c2ccccc2)CC1)c1ccc(Br)cc1. The van der Waals surface area contributed by atoms with Crippen molar-refractivity contribution in [3.05, 3.63) is 64.6 Å². The van der Waals surface area contributed by atoms with Crippen molar-refractivity contribution < 1.29 is 4.79 Å². The number of amides is 1. The minimum Gasteiger partial charge on any atom is -0.368 e. The highest BCUT2D eigenvalue weighted by molar-refractivity contribution is 9.10. The number of nitrogens with zero attached hydrogens (tertiary/aromatic N) is 2. The molecule has 0 saturated carbocycles. The maximum absolute atomic E-state index is 12.6. The summed E-state index contributed by atoms with van der Waals surface area (Å²) in [5, 5.41) is 3.43. The minimum absolute atomic E-state index is 0.188. The van der Waals surface area contributed by atoms with Crippen LogP contribution in [0.3, 0.4) is 0 Å². The molecule has 1 amide bonds. The molecule has 1 atom stereocenters. The number of hydrogen-bond acceptors (Lipinski definition) is 3. The molecule has 1 heterocycles. The third-order valence-electron chi connectivity index (χ3n) is 4.93. The molecule has 1 aliphatic rings. The average molecular weight is 416 g/mol.